The molecule has 0 fully saturated rings. The van der Waals surface area contributed by atoms with Crippen LogP contribution in [0.5, 0.6) is 0 Å². The van der Waals surface area contributed by atoms with Gasteiger partial charge in [0.2, 0.25) is 0 Å². The molecule has 0 N–H and O–H groups in total. The molecule has 0 aliphatic heterocycles. The van der Waals surface area contributed by atoms with E-state index < -0.39 is 0 Å². The van der Waals surface area contributed by atoms with E-state index in [9.17, 15) is 4.79 Å². The van der Waals surface area contributed by atoms with E-state index in [4.69, 9.17) is 4.42 Å². The predicted molar refractivity (Wildman–Crippen MR) is 96.1 cm³/mol. The van der Waals surface area contributed by atoms with Gasteiger partial charge in [0, 0.05) is 4.88 Å². The van der Waals surface area contributed by atoms with Crippen molar-refractivity contribution in [1.82, 2.24) is 14.9 Å². The van der Waals surface area contributed by atoms with Crippen molar-refractivity contribution >= 4 is 28.3 Å². The number of carbonyl (C=O) groups is 1. The molecular weight excluding hydrogens is 334 g/mol. The van der Waals surface area contributed by atoms with Gasteiger partial charge >= 0.3 is 0 Å². The number of nitrogens with zero attached hydrogens (tertiary/aromatic N) is 3. The fourth-order valence-corrected chi connectivity index (χ4v) is 3.32. The van der Waals surface area contributed by atoms with E-state index >= 15 is 0 Å². The lowest BCUT2D eigenvalue weighted by Crippen LogP contribution is -2.30. The summed E-state index contributed by atoms with van der Waals surface area (Å²) in [7, 11) is 0. The van der Waals surface area contributed by atoms with Gasteiger partial charge in [-0.05, 0) is 35.7 Å². The molecule has 1 aromatic carbocycles. The highest BCUT2D eigenvalue weighted by Gasteiger charge is 2.20. The number of aromatic nitrogens is 2. The minimum atomic E-state index is -0.164. The van der Waals surface area contributed by atoms with Gasteiger partial charge in [-0.1, -0.05) is 18.2 Å². The Morgan fingerprint density at radius 2 is 1.92 bits per heavy atom. The summed E-state index contributed by atoms with van der Waals surface area (Å²) < 4.78 is 5.41. The predicted octanol–water partition coefficient (Wildman–Crippen LogP) is 4.13. The molecule has 1 amide bonds. The van der Waals surface area contributed by atoms with Crippen LogP contribution in [-0.2, 0) is 13.1 Å². The average Bonchev–Trinajstić information content (AvgIpc) is 3.34. The Morgan fingerprint density at radius 1 is 1.04 bits per heavy atom. The first kappa shape index (κ1) is 15.5. The van der Waals surface area contributed by atoms with Crippen LogP contribution in [0.15, 0.2) is 70.8 Å². The standard InChI is InChI=1S/C19H15N3O2S/c23-19(18-11-20-16-7-1-2-8-17(16)21-18)22(12-14-5-3-9-24-14)13-15-6-4-10-25-15/h1-11H,12-13H2. The molecule has 4 aromatic rings. The molecule has 0 atom stereocenters. The monoisotopic (exact) mass is 349 g/mol. The zero-order chi connectivity index (χ0) is 17.1. The number of benzene rings is 1. The lowest BCUT2D eigenvalue weighted by molar-refractivity contribution is 0.0713. The molecule has 0 aliphatic rings. The van der Waals surface area contributed by atoms with E-state index in [1.807, 2.05) is 53.9 Å². The van der Waals surface area contributed by atoms with E-state index in [0.717, 1.165) is 16.2 Å². The maximum Gasteiger partial charge on any atom is 0.274 e. The number of thiophene rings is 1. The lowest BCUT2D eigenvalue weighted by Gasteiger charge is -2.20. The van der Waals surface area contributed by atoms with Crippen molar-refractivity contribution in [2.24, 2.45) is 0 Å². The topological polar surface area (TPSA) is 59.2 Å². The SMILES string of the molecule is O=C(c1cnc2ccccc2n1)N(Cc1ccco1)Cc1cccs1. The number of para-hydroxylation sites is 2. The van der Waals surface area contributed by atoms with Crippen LogP contribution < -0.4 is 0 Å². The van der Waals surface area contributed by atoms with Crippen LogP contribution in [0, 0.1) is 0 Å². The van der Waals surface area contributed by atoms with Crippen LogP contribution >= 0.6 is 11.3 Å². The second kappa shape index (κ2) is 6.86. The molecule has 3 heterocycles. The highest BCUT2D eigenvalue weighted by molar-refractivity contribution is 7.09. The number of carbonyl (C=O) groups excluding carboxylic acids is 1. The third-order valence-corrected chi connectivity index (χ3v) is 4.67. The zero-order valence-electron chi connectivity index (χ0n) is 13.3. The Labute approximate surface area is 148 Å². The van der Waals surface area contributed by atoms with Crippen molar-refractivity contribution < 1.29 is 9.21 Å². The van der Waals surface area contributed by atoms with Gasteiger partial charge in [-0.3, -0.25) is 9.78 Å². The van der Waals surface area contributed by atoms with E-state index in [1.54, 1.807) is 22.5 Å². The number of hydrogen-bond acceptors (Lipinski definition) is 5. The lowest BCUT2D eigenvalue weighted by atomic mass is 10.2. The fourth-order valence-electron chi connectivity index (χ4n) is 2.60. The molecule has 5 nitrogen and oxygen atoms in total. The van der Waals surface area contributed by atoms with Gasteiger partial charge in [0.1, 0.15) is 11.5 Å². The van der Waals surface area contributed by atoms with Gasteiger partial charge in [-0.2, -0.15) is 0 Å². The first-order chi connectivity index (χ1) is 12.3. The van der Waals surface area contributed by atoms with Crippen molar-refractivity contribution in [1.29, 1.82) is 0 Å². The Kier molecular flexibility index (Phi) is 4.26. The number of amides is 1. The van der Waals surface area contributed by atoms with Crippen molar-refractivity contribution in [3.63, 3.8) is 0 Å². The molecular formula is C19H15N3O2S. The summed E-state index contributed by atoms with van der Waals surface area (Å²) in [4.78, 5) is 24.7. The smallest absolute Gasteiger partial charge is 0.274 e. The van der Waals surface area contributed by atoms with Crippen LogP contribution in [0.2, 0.25) is 0 Å². The van der Waals surface area contributed by atoms with Gasteiger partial charge in [-0.25, -0.2) is 4.98 Å². The average molecular weight is 349 g/mol. The molecule has 4 rings (SSSR count). The number of rotatable bonds is 5. The highest BCUT2D eigenvalue weighted by Crippen LogP contribution is 2.18. The minimum Gasteiger partial charge on any atom is -0.467 e. The summed E-state index contributed by atoms with van der Waals surface area (Å²) in [5.41, 5.74) is 1.82. The zero-order valence-corrected chi connectivity index (χ0v) is 14.1. The van der Waals surface area contributed by atoms with Crippen molar-refractivity contribution in [2.45, 2.75) is 13.1 Å². The molecule has 0 saturated heterocycles. The maximum absolute atomic E-state index is 13.0. The van der Waals surface area contributed by atoms with Crippen molar-refractivity contribution in [2.75, 3.05) is 0 Å². The normalized spacial score (nSPS) is 10.9. The van der Waals surface area contributed by atoms with E-state index in [-0.39, 0.29) is 5.91 Å². The Balaban J connectivity index is 1.65. The van der Waals surface area contributed by atoms with Crippen LogP contribution in [0.4, 0.5) is 0 Å². The second-order valence-electron chi connectivity index (χ2n) is 5.56. The molecule has 6 heteroatoms. The van der Waals surface area contributed by atoms with E-state index in [2.05, 4.69) is 9.97 Å². The minimum absolute atomic E-state index is 0.164. The van der Waals surface area contributed by atoms with E-state index in [0.29, 0.717) is 24.3 Å². The van der Waals surface area contributed by atoms with Gasteiger partial charge in [0.05, 0.1) is 36.6 Å². The van der Waals surface area contributed by atoms with Gasteiger partial charge in [0.25, 0.3) is 5.91 Å². The maximum atomic E-state index is 13.0. The third-order valence-electron chi connectivity index (χ3n) is 3.81. The fraction of sp³-hybridized carbons (Fsp3) is 0.105. The van der Waals surface area contributed by atoms with Crippen LogP contribution in [0.25, 0.3) is 11.0 Å². The van der Waals surface area contributed by atoms with Gasteiger partial charge in [0.15, 0.2) is 0 Å². The van der Waals surface area contributed by atoms with Crippen LogP contribution in [0.3, 0.4) is 0 Å². The molecule has 124 valence electrons. The van der Waals surface area contributed by atoms with Gasteiger partial charge in [-0.15, -0.1) is 11.3 Å². The summed E-state index contributed by atoms with van der Waals surface area (Å²) in [6, 6.07) is 15.2. The molecule has 0 radical (unpaired) electrons. The molecule has 0 bridgehead atoms. The van der Waals surface area contributed by atoms with Crippen LogP contribution in [0.1, 0.15) is 21.1 Å². The quantitative estimate of drug-likeness (QED) is 0.544. The number of hydrogen-bond donors (Lipinski definition) is 0. The van der Waals surface area contributed by atoms with Crippen molar-refractivity contribution in [3.05, 3.63) is 82.7 Å². The Morgan fingerprint density at radius 3 is 2.68 bits per heavy atom. The highest BCUT2D eigenvalue weighted by atomic mass is 32.1. The molecule has 25 heavy (non-hydrogen) atoms. The Bertz CT molecular complexity index is 945. The first-order valence-corrected chi connectivity index (χ1v) is 8.73. The Hall–Kier alpha value is -2.99. The summed E-state index contributed by atoms with van der Waals surface area (Å²) in [6.07, 6.45) is 3.15. The largest absolute Gasteiger partial charge is 0.467 e. The number of furan rings is 1. The second-order valence-corrected chi connectivity index (χ2v) is 6.60. The van der Waals surface area contributed by atoms with Crippen molar-refractivity contribution in [3.8, 4) is 0 Å². The molecule has 0 unspecified atom stereocenters. The van der Waals surface area contributed by atoms with Gasteiger partial charge < -0.3 is 9.32 Å². The van der Waals surface area contributed by atoms with Crippen LogP contribution in [-0.4, -0.2) is 20.8 Å². The third kappa shape index (κ3) is 3.44. The van der Waals surface area contributed by atoms with E-state index in [1.165, 1.54) is 6.20 Å². The number of fused-ring (bicyclic) bond motifs is 1. The molecule has 0 saturated carbocycles. The summed E-state index contributed by atoms with van der Waals surface area (Å²) in [5, 5.41) is 2.00. The molecule has 0 spiro atoms. The summed E-state index contributed by atoms with van der Waals surface area (Å²) in [6.45, 7) is 0.893. The molecule has 0 aliphatic carbocycles. The summed E-state index contributed by atoms with van der Waals surface area (Å²) in [5.74, 6) is 0.571. The molecule has 3 aromatic heterocycles. The summed E-state index contributed by atoms with van der Waals surface area (Å²) >= 11 is 1.62. The first-order valence-electron chi connectivity index (χ1n) is 7.85.